The molecule has 1 unspecified atom stereocenters. The predicted octanol–water partition coefficient (Wildman–Crippen LogP) is 0.904. The number of nitrogens with zero attached hydrogens (tertiary/aromatic N) is 2. The summed E-state index contributed by atoms with van der Waals surface area (Å²) < 4.78 is 10.3. The highest BCUT2D eigenvalue weighted by Gasteiger charge is 2.24. The van der Waals surface area contributed by atoms with E-state index in [4.69, 9.17) is 14.7 Å². The number of carboxylic acid groups (broad SMARTS) is 1. The van der Waals surface area contributed by atoms with Gasteiger partial charge in [0, 0.05) is 13.3 Å². The highest BCUT2D eigenvalue weighted by Crippen LogP contribution is 2.32. The first-order valence-electron chi connectivity index (χ1n) is 7.80. The molecular weight excluding hydrogens is 360 g/mol. The molecule has 1 amide bonds. The lowest BCUT2D eigenvalue weighted by Crippen LogP contribution is -2.41. The second-order valence-electron chi connectivity index (χ2n) is 5.63. The van der Waals surface area contributed by atoms with Crippen molar-refractivity contribution in [1.29, 1.82) is 0 Å². The normalized spacial score (nSPS) is 11.7. The zero-order valence-corrected chi connectivity index (χ0v) is 15.2. The average Bonchev–Trinajstić information content (AvgIpc) is 2.62. The van der Waals surface area contributed by atoms with Crippen LogP contribution in [0.1, 0.15) is 18.1 Å². The van der Waals surface area contributed by atoms with Crippen molar-refractivity contribution in [1.82, 2.24) is 15.3 Å². The van der Waals surface area contributed by atoms with E-state index in [1.165, 1.54) is 21.1 Å². The Kier molecular flexibility index (Phi) is 6.32. The lowest BCUT2D eigenvalue weighted by molar-refractivity contribution is -0.215. The minimum absolute atomic E-state index is 0.0810. The molecule has 0 bridgehead atoms. The Morgan fingerprint density at radius 2 is 1.85 bits per heavy atom. The van der Waals surface area contributed by atoms with Crippen LogP contribution in [0.25, 0.3) is 11.0 Å². The van der Waals surface area contributed by atoms with Crippen LogP contribution in [-0.2, 0) is 21.0 Å². The van der Waals surface area contributed by atoms with Crippen LogP contribution in [0.3, 0.4) is 0 Å². The summed E-state index contributed by atoms with van der Waals surface area (Å²) in [7, 11) is 2.80. The first-order chi connectivity index (χ1) is 12.8. The fraction of sp³-hybridized carbons (Fsp3) is 0.375. The molecule has 1 aromatic heterocycles. The topological polar surface area (TPSA) is 152 Å². The molecule has 1 heterocycles. The van der Waals surface area contributed by atoms with Gasteiger partial charge in [-0.05, 0) is 24.1 Å². The van der Waals surface area contributed by atoms with E-state index in [0.717, 1.165) is 0 Å². The molecule has 2 aromatic rings. The predicted molar refractivity (Wildman–Crippen MR) is 93.7 cm³/mol. The number of aromatic nitrogens is 2. The lowest BCUT2D eigenvalue weighted by atomic mass is 9.97. The summed E-state index contributed by atoms with van der Waals surface area (Å²) in [6, 6.07) is 0.359. The molecule has 0 radical (unpaired) electrons. The van der Waals surface area contributed by atoms with Crippen molar-refractivity contribution < 1.29 is 34.4 Å². The van der Waals surface area contributed by atoms with Gasteiger partial charge in [0.15, 0.2) is 0 Å². The summed E-state index contributed by atoms with van der Waals surface area (Å²) in [5.41, 5.74) is 4.38. The summed E-state index contributed by atoms with van der Waals surface area (Å²) in [5, 5.41) is 20.5. The van der Waals surface area contributed by atoms with Gasteiger partial charge in [-0.2, -0.15) is 0 Å². The molecule has 0 aliphatic heterocycles. The molecule has 1 aromatic carbocycles. The first kappa shape index (κ1) is 20.1. The Morgan fingerprint density at radius 1 is 1.22 bits per heavy atom. The number of hydrogen-bond donors (Lipinski definition) is 4. The van der Waals surface area contributed by atoms with E-state index >= 15 is 0 Å². The van der Waals surface area contributed by atoms with Crippen LogP contribution in [-0.4, -0.2) is 52.5 Å². The Hall–Kier alpha value is -3.18. The van der Waals surface area contributed by atoms with Gasteiger partial charge in [-0.15, -0.1) is 4.99 Å². The molecule has 27 heavy (non-hydrogen) atoms. The van der Waals surface area contributed by atoms with Crippen molar-refractivity contribution in [2.75, 3.05) is 19.7 Å². The quantitative estimate of drug-likeness (QED) is 0.384. The van der Waals surface area contributed by atoms with Crippen LogP contribution in [0.15, 0.2) is 6.07 Å². The van der Waals surface area contributed by atoms with Crippen LogP contribution in [0.5, 0.6) is 11.8 Å². The summed E-state index contributed by atoms with van der Waals surface area (Å²) in [4.78, 5) is 35.6. The van der Waals surface area contributed by atoms with Crippen molar-refractivity contribution in [3.8, 4) is 11.8 Å². The monoisotopic (exact) mass is 380 g/mol. The van der Waals surface area contributed by atoms with Gasteiger partial charge in [-0.3, -0.25) is 4.79 Å². The first-order valence-corrected chi connectivity index (χ1v) is 7.80. The van der Waals surface area contributed by atoms with Gasteiger partial charge in [0.25, 0.3) is 11.8 Å². The largest absolute Gasteiger partial charge is 0.480 e. The number of carbonyl (C=O) groups is 2. The smallest absolute Gasteiger partial charge is 0.326 e. The second-order valence-corrected chi connectivity index (χ2v) is 5.63. The molecule has 11 nitrogen and oxygen atoms in total. The van der Waals surface area contributed by atoms with Gasteiger partial charge in [-0.25, -0.2) is 25.5 Å². The van der Waals surface area contributed by atoms with Gasteiger partial charge in [0.1, 0.15) is 6.04 Å². The molecule has 2 rings (SSSR count). The maximum absolute atomic E-state index is 11.5. The van der Waals surface area contributed by atoms with E-state index in [9.17, 15) is 14.7 Å². The Labute approximate surface area is 154 Å². The summed E-state index contributed by atoms with van der Waals surface area (Å²) in [6.45, 7) is 2.91. The number of ether oxygens (including phenoxy) is 2. The van der Waals surface area contributed by atoms with E-state index in [1.54, 1.807) is 13.0 Å². The average molecular weight is 380 g/mol. The molecule has 11 heteroatoms. The SMILES string of the molecule is COc1nc2cc(NOO)c(C)c(CC(NC(C)=O)C(=O)O)c2nc1OC. The van der Waals surface area contributed by atoms with E-state index < -0.39 is 17.9 Å². The van der Waals surface area contributed by atoms with Crippen LogP contribution in [0.2, 0.25) is 0 Å². The number of aliphatic carboxylic acids is 1. The zero-order chi connectivity index (χ0) is 20.1. The van der Waals surface area contributed by atoms with Crippen LogP contribution in [0, 0.1) is 6.92 Å². The van der Waals surface area contributed by atoms with Gasteiger partial charge in [0.05, 0.1) is 30.9 Å². The second kappa shape index (κ2) is 8.47. The fourth-order valence-electron chi connectivity index (χ4n) is 2.65. The fourth-order valence-corrected chi connectivity index (χ4v) is 2.65. The number of benzene rings is 1. The molecule has 0 aliphatic carbocycles. The molecule has 0 fully saturated rings. The number of hydrogen-bond acceptors (Lipinski definition) is 9. The standard InChI is InChI=1S/C16H20N4O7/c1-7-9(5-12(16(22)23)17-8(2)21)13-11(6-10(7)20-27-24)18-14(25-3)15(19-13)26-4/h6,12,20,24H,5H2,1-4H3,(H,17,21)(H,22,23). The zero-order valence-electron chi connectivity index (χ0n) is 15.2. The third kappa shape index (κ3) is 4.33. The van der Waals surface area contributed by atoms with Gasteiger partial charge in [-0.1, -0.05) is 0 Å². The number of anilines is 1. The Morgan fingerprint density at radius 3 is 2.37 bits per heavy atom. The maximum Gasteiger partial charge on any atom is 0.326 e. The maximum atomic E-state index is 11.5. The summed E-state index contributed by atoms with van der Waals surface area (Å²) >= 11 is 0. The highest BCUT2D eigenvalue weighted by atomic mass is 17.2. The van der Waals surface area contributed by atoms with Crippen LogP contribution in [0.4, 0.5) is 5.69 Å². The molecule has 1 atom stereocenters. The highest BCUT2D eigenvalue weighted by molar-refractivity contribution is 5.88. The number of carboxylic acids is 1. The van der Waals surface area contributed by atoms with Crippen LogP contribution >= 0.6 is 0 Å². The van der Waals surface area contributed by atoms with E-state index in [-0.39, 0.29) is 18.2 Å². The van der Waals surface area contributed by atoms with E-state index in [2.05, 4.69) is 25.8 Å². The lowest BCUT2D eigenvalue weighted by Gasteiger charge is -2.19. The minimum Gasteiger partial charge on any atom is -0.480 e. The number of amides is 1. The van der Waals surface area contributed by atoms with Crippen LogP contribution < -0.4 is 20.3 Å². The van der Waals surface area contributed by atoms with Crippen molar-refractivity contribution in [3.05, 3.63) is 17.2 Å². The number of methoxy groups -OCH3 is 2. The minimum atomic E-state index is -1.21. The molecule has 4 N–H and O–H groups in total. The molecule has 0 saturated heterocycles. The van der Waals surface area contributed by atoms with E-state index in [1.807, 2.05) is 0 Å². The molecular formula is C16H20N4O7. The summed E-state index contributed by atoms with van der Waals surface area (Å²) in [5.74, 6) is -1.44. The number of fused-ring (bicyclic) bond motifs is 1. The van der Waals surface area contributed by atoms with E-state index in [0.29, 0.717) is 27.8 Å². The van der Waals surface area contributed by atoms with Crippen molar-refractivity contribution >= 4 is 28.6 Å². The molecule has 0 saturated carbocycles. The van der Waals surface area contributed by atoms with Crippen molar-refractivity contribution in [2.24, 2.45) is 0 Å². The third-order valence-electron chi connectivity index (χ3n) is 3.91. The summed E-state index contributed by atoms with van der Waals surface area (Å²) in [6.07, 6.45) is -0.0810. The number of nitrogens with one attached hydrogen (secondary N) is 2. The molecule has 146 valence electrons. The number of rotatable bonds is 8. The molecule has 0 spiro atoms. The van der Waals surface area contributed by atoms with Gasteiger partial charge >= 0.3 is 5.97 Å². The molecule has 0 aliphatic rings. The van der Waals surface area contributed by atoms with Crippen molar-refractivity contribution in [2.45, 2.75) is 26.3 Å². The van der Waals surface area contributed by atoms with Gasteiger partial charge < -0.3 is 19.9 Å². The Bertz CT molecular complexity index is 872. The number of carbonyl (C=O) groups excluding carboxylic acids is 1. The Balaban J connectivity index is 2.70. The van der Waals surface area contributed by atoms with Gasteiger partial charge in [0.2, 0.25) is 5.91 Å². The van der Waals surface area contributed by atoms with Crippen molar-refractivity contribution in [3.63, 3.8) is 0 Å². The third-order valence-corrected chi connectivity index (χ3v) is 3.91.